The standard InChI is InChI=1S/C9H13F5O3/c1-7(2)17-16-5-3-4-15-6-8(10,11)9(12,13)14/h3-4,7H,5-6H2,1-2H3/b4-3+. The van der Waals surface area contributed by atoms with Crippen molar-refractivity contribution in [2.75, 3.05) is 13.2 Å². The molecule has 0 aromatic rings. The van der Waals surface area contributed by atoms with Gasteiger partial charge in [0.15, 0.2) is 6.61 Å². The van der Waals surface area contributed by atoms with E-state index in [0.717, 1.165) is 6.08 Å². The zero-order valence-corrected chi connectivity index (χ0v) is 9.26. The topological polar surface area (TPSA) is 27.7 Å². The SMILES string of the molecule is CC(C)OOC/C=C/OCC(F)(F)C(F)(F)F. The molecule has 0 atom stereocenters. The highest BCUT2D eigenvalue weighted by atomic mass is 19.4. The smallest absolute Gasteiger partial charge is 0.456 e. The quantitative estimate of drug-likeness (QED) is 0.232. The van der Waals surface area contributed by atoms with E-state index in [1.54, 1.807) is 13.8 Å². The van der Waals surface area contributed by atoms with Crippen molar-refractivity contribution in [2.45, 2.75) is 32.1 Å². The van der Waals surface area contributed by atoms with Crippen LogP contribution in [0.25, 0.3) is 0 Å². The van der Waals surface area contributed by atoms with Crippen molar-refractivity contribution in [3.8, 4) is 0 Å². The summed E-state index contributed by atoms with van der Waals surface area (Å²) in [5.41, 5.74) is 0. The molecule has 0 heterocycles. The van der Waals surface area contributed by atoms with Crippen molar-refractivity contribution in [3.63, 3.8) is 0 Å². The highest BCUT2D eigenvalue weighted by Crippen LogP contribution is 2.35. The largest absolute Gasteiger partial charge is 0.495 e. The molecule has 0 rings (SSSR count). The molecule has 102 valence electrons. The molecule has 0 aromatic carbocycles. The molecule has 0 bridgehead atoms. The lowest BCUT2D eigenvalue weighted by atomic mass is 10.3. The lowest BCUT2D eigenvalue weighted by Gasteiger charge is -2.18. The van der Waals surface area contributed by atoms with Crippen LogP contribution in [0.2, 0.25) is 0 Å². The van der Waals surface area contributed by atoms with Gasteiger partial charge in [-0.25, -0.2) is 9.78 Å². The third kappa shape index (κ3) is 7.11. The molecule has 0 aliphatic carbocycles. The Labute approximate surface area is 95.1 Å². The fourth-order valence-corrected chi connectivity index (χ4v) is 0.557. The van der Waals surface area contributed by atoms with Crippen molar-refractivity contribution in [3.05, 3.63) is 12.3 Å². The lowest BCUT2D eigenvalue weighted by molar-refractivity contribution is -0.309. The van der Waals surface area contributed by atoms with Gasteiger partial charge in [-0.1, -0.05) is 0 Å². The second kappa shape index (κ2) is 6.75. The Bertz CT molecular complexity index is 237. The van der Waals surface area contributed by atoms with Gasteiger partial charge in [-0.3, -0.25) is 0 Å². The third-order valence-corrected chi connectivity index (χ3v) is 1.30. The van der Waals surface area contributed by atoms with Crippen LogP contribution in [0.4, 0.5) is 22.0 Å². The summed E-state index contributed by atoms with van der Waals surface area (Å²) in [6.07, 6.45) is -3.99. The molecule has 0 radical (unpaired) electrons. The Balaban J connectivity index is 3.73. The molecule has 8 heteroatoms. The van der Waals surface area contributed by atoms with Crippen LogP contribution in [0.5, 0.6) is 0 Å². The van der Waals surface area contributed by atoms with Crippen molar-refractivity contribution < 1.29 is 36.5 Å². The van der Waals surface area contributed by atoms with E-state index in [0.29, 0.717) is 6.26 Å². The van der Waals surface area contributed by atoms with E-state index in [9.17, 15) is 22.0 Å². The van der Waals surface area contributed by atoms with E-state index in [-0.39, 0.29) is 12.7 Å². The Hall–Kier alpha value is -0.890. The molecular weight excluding hydrogens is 251 g/mol. The minimum atomic E-state index is -5.61. The molecule has 0 aromatic heterocycles. The normalized spacial score (nSPS) is 13.6. The molecule has 0 saturated carbocycles. The van der Waals surface area contributed by atoms with Crippen LogP contribution < -0.4 is 0 Å². The number of hydrogen-bond acceptors (Lipinski definition) is 3. The summed E-state index contributed by atoms with van der Waals surface area (Å²) in [6.45, 7) is 1.52. The summed E-state index contributed by atoms with van der Waals surface area (Å²) in [6, 6.07) is 0. The predicted molar refractivity (Wildman–Crippen MR) is 48.3 cm³/mol. The zero-order valence-electron chi connectivity index (χ0n) is 9.26. The van der Waals surface area contributed by atoms with Crippen molar-refractivity contribution >= 4 is 0 Å². The molecule has 0 saturated heterocycles. The van der Waals surface area contributed by atoms with Crippen LogP contribution in [0.3, 0.4) is 0 Å². The van der Waals surface area contributed by atoms with Gasteiger partial charge in [-0.05, 0) is 19.9 Å². The maximum absolute atomic E-state index is 12.3. The van der Waals surface area contributed by atoms with Crippen LogP contribution in [-0.4, -0.2) is 31.4 Å². The second-order valence-electron chi connectivity index (χ2n) is 3.31. The van der Waals surface area contributed by atoms with E-state index < -0.39 is 18.7 Å². The number of ether oxygens (including phenoxy) is 1. The summed E-state index contributed by atoms with van der Waals surface area (Å²) in [5, 5.41) is 0. The van der Waals surface area contributed by atoms with Gasteiger partial charge in [0.1, 0.15) is 6.61 Å². The summed E-state index contributed by atoms with van der Waals surface area (Å²) in [5.74, 6) is -4.87. The molecule has 0 unspecified atom stereocenters. The minimum Gasteiger partial charge on any atom is -0.495 e. The average Bonchev–Trinajstić information content (AvgIpc) is 2.13. The van der Waals surface area contributed by atoms with Crippen LogP contribution in [0.15, 0.2) is 12.3 Å². The molecule has 0 aliphatic heterocycles. The van der Waals surface area contributed by atoms with Gasteiger partial charge in [0.2, 0.25) is 0 Å². The van der Waals surface area contributed by atoms with E-state index in [1.807, 2.05) is 0 Å². The molecule has 0 fully saturated rings. The van der Waals surface area contributed by atoms with Crippen LogP contribution in [0, 0.1) is 0 Å². The van der Waals surface area contributed by atoms with Crippen molar-refractivity contribution in [2.24, 2.45) is 0 Å². The Morgan fingerprint density at radius 3 is 2.18 bits per heavy atom. The van der Waals surface area contributed by atoms with Gasteiger partial charge >= 0.3 is 12.1 Å². The molecule has 0 amide bonds. The van der Waals surface area contributed by atoms with Crippen LogP contribution in [-0.2, 0) is 14.5 Å². The van der Waals surface area contributed by atoms with E-state index in [2.05, 4.69) is 14.5 Å². The molecule has 0 N–H and O–H groups in total. The highest BCUT2D eigenvalue weighted by Gasteiger charge is 2.58. The maximum atomic E-state index is 12.3. The molecule has 0 aliphatic rings. The monoisotopic (exact) mass is 264 g/mol. The molecular formula is C9H13F5O3. The van der Waals surface area contributed by atoms with Crippen LogP contribution >= 0.6 is 0 Å². The van der Waals surface area contributed by atoms with Crippen LogP contribution in [0.1, 0.15) is 13.8 Å². The first kappa shape index (κ1) is 16.1. The number of rotatable bonds is 7. The summed E-state index contributed by atoms with van der Waals surface area (Å²) in [4.78, 5) is 9.13. The predicted octanol–water partition coefficient (Wildman–Crippen LogP) is 3.07. The van der Waals surface area contributed by atoms with Gasteiger partial charge in [0.05, 0.1) is 12.4 Å². The van der Waals surface area contributed by atoms with E-state index in [1.165, 1.54) is 0 Å². The summed E-state index contributed by atoms with van der Waals surface area (Å²) in [7, 11) is 0. The Morgan fingerprint density at radius 2 is 1.71 bits per heavy atom. The average molecular weight is 264 g/mol. The second-order valence-corrected chi connectivity index (χ2v) is 3.31. The molecule has 0 spiro atoms. The van der Waals surface area contributed by atoms with Gasteiger partial charge < -0.3 is 4.74 Å². The van der Waals surface area contributed by atoms with Gasteiger partial charge in [-0.15, -0.1) is 0 Å². The third-order valence-electron chi connectivity index (χ3n) is 1.30. The van der Waals surface area contributed by atoms with E-state index in [4.69, 9.17) is 0 Å². The van der Waals surface area contributed by atoms with Crippen molar-refractivity contribution in [1.29, 1.82) is 0 Å². The van der Waals surface area contributed by atoms with Gasteiger partial charge in [0.25, 0.3) is 0 Å². The highest BCUT2D eigenvalue weighted by molar-refractivity contribution is 4.78. The fourth-order valence-electron chi connectivity index (χ4n) is 0.557. The first-order chi connectivity index (χ1) is 7.67. The number of halogens is 5. The van der Waals surface area contributed by atoms with Crippen molar-refractivity contribution in [1.82, 2.24) is 0 Å². The first-order valence-electron chi connectivity index (χ1n) is 4.66. The van der Waals surface area contributed by atoms with Gasteiger partial charge in [-0.2, -0.15) is 22.0 Å². The fraction of sp³-hybridized carbons (Fsp3) is 0.778. The molecule has 3 nitrogen and oxygen atoms in total. The summed E-state index contributed by atoms with van der Waals surface area (Å²) >= 11 is 0. The maximum Gasteiger partial charge on any atom is 0.456 e. The first-order valence-corrected chi connectivity index (χ1v) is 4.66. The van der Waals surface area contributed by atoms with Gasteiger partial charge in [0, 0.05) is 0 Å². The number of hydrogen-bond donors (Lipinski definition) is 0. The summed E-state index contributed by atoms with van der Waals surface area (Å²) < 4.78 is 63.6. The Kier molecular flexibility index (Phi) is 6.40. The molecule has 17 heavy (non-hydrogen) atoms. The lowest BCUT2D eigenvalue weighted by Crippen LogP contribution is -2.40. The Morgan fingerprint density at radius 1 is 1.12 bits per heavy atom. The van der Waals surface area contributed by atoms with E-state index >= 15 is 0 Å². The zero-order chi connectivity index (χ0) is 13.5. The minimum absolute atomic E-state index is 0.115. The number of alkyl halides is 5.